The summed E-state index contributed by atoms with van der Waals surface area (Å²) in [5, 5.41) is 14.8. The first-order valence-corrected chi connectivity index (χ1v) is 11.9. The van der Waals surface area contributed by atoms with Gasteiger partial charge in [-0.1, -0.05) is 19.9 Å². The van der Waals surface area contributed by atoms with Gasteiger partial charge in [-0.25, -0.2) is 15.0 Å². The molecular weight excluding hydrogens is 479 g/mol. The number of anilines is 2. The largest absolute Gasteiger partial charge is 0.433 e. The summed E-state index contributed by atoms with van der Waals surface area (Å²) in [6.07, 6.45) is -0.632. The SMILES string of the molecule is Cc1cc(Nc2nccc(C(F)(F)F)n2)cc(-c2cnc([C@]3(O)CC[C@@H](C(N)=O)C(C)(C)C3)s2)c1. The summed E-state index contributed by atoms with van der Waals surface area (Å²) >= 11 is 1.35. The van der Waals surface area contributed by atoms with Crippen LogP contribution in [0.25, 0.3) is 10.4 Å². The molecule has 0 bridgehead atoms. The molecule has 1 saturated carbocycles. The van der Waals surface area contributed by atoms with Crippen LogP contribution < -0.4 is 11.1 Å². The number of nitrogens with zero attached hydrogens (tertiary/aromatic N) is 3. The number of primary amides is 1. The monoisotopic (exact) mass is 505 g/mol. The molecule has 1 aromatic carbocycles. The number of aromatic nitrogens is 3. The number of nitrogens with one attached hydrogen (secondary N) is 1. The molecule has 0 radical (unpaired) electrons. The van der Waals surface area contributed by atoms with E-state index in [4.69, 9.17) is 5.73 Å². The minimum Gasteiger partial charge on any atom is -0.383 e. The van der Waals surface area contributed by atoms with Crippen molar-refractivity contribution in [3.63, 3.8) is 0 Å². The molecule has 0 aliphatic heterocycles. The van der Waals surface area contributed by atoms with Gasteiger partial charge in [-0.05, 0) is 60.9 Å². The van der Waals surface area contributed by atoms with Crippen LogP contribution in [0.1, 0.15) is 49.4 Å². The Morgan fingerprint density at radius 3 is 2.66 bits per heavy atom. The zero-order valence-electron chi connectivity index (χ0n) is 19.5. The molecule has 4 N–H and O–H groups in total. The smallest absolute Gasteiger partial charge is 0.383 e. The number of hydrogen-bond donors (Lipinski definition) is 3. The topological polar surface area (TPSA) is 114 Å². The van der Waals surface area contributed by atoms with Gasteiger partial charge in [0, 0.05) is 24.0 Å². The maximum Gasteiger partial charge on any atom is 0.433 e. The van der Waals surface area contributed by atoms with Gasteiger partial charge in [0.1, 0.15) is 16.3 Å². The zero-order chi connectivity index (χ0) is 25.6. The molecule has 1 fully saturated rings. The average molecular weight is 506 g/mol. The Kier molecular flexibility index (Phi) is 6.35. The molecule has 0 spiro atoms. The Morgan fingerprint density at radius 1 is 1.26 bits per heavy atom. The van der Waals surface area contributed by atoms with Gasteiger partial charge in [0.25, 0.3) is 0 Å². The predicted molar refractivity (Wildman–Crippen MR) is 127 cm³/mol. The molecule has 35 heavy (non-hydrogen) atoms. The van der Waals surface area contributed by atoms with Crippen molar-refractivity contribution in [3.8, 4) is 10.4 Å². The van der Waals surface area contributed by atoms with Gasteiger partial charge in [-0.15, -0.1) is 11.3 Å². The average Bonchev–Trinajstić information content (AvgIpc) is 3.23. The van der Waals surface area contributed by atoms with Crippen LogP contribution >= 0.6 is 11.3 Å². The molecule has 1 aliphatic carbocycles. The number of amides is 1. The van der Waals surface area contributed by atoms with Crippen LogP contribution in [0.5, 0.6) is 0 Å². The Balaban J connectivity index is 1.59. The number of benzene rings is 1. The van der Waals surface area contributed by atoms with E-state index in [1.165, 1.54) is 11.3 Å². The lowest BCUT2D eigenvalue weighted by Gasteiger charge is -2.44. The normalized spacial score (nSPS) is 22.1. The molecule has 0 saturated heterocycles. The van der Waals surface area contributed by atoms with E-state index in [0.29, 0.717) is 30.0 Å². The van der Waals surface area contributed by atoms with Crippen molar-refractivity contribution >= 4 is 28.9 Å². The number of rotatable bonds is 5. The lowest BCUT2D eigenvalue weighted by atomic mass is 9.63. The number of halogens is 3. The van der Waals surface area contributed by atoms with Crippen LogP contribution in [0.3, 0.4) is 0 Å². The van der Waals surface area contributed by atoms with Crippen molar-refractivity contribution in [1.29, 1.82) is 0 Å². The summed E-state index contributed by atoms with van der Waals surface area (Å²) in [7, 11) is 0. The number of hydrogen-bond acceptors (Lipinski definition) is 7. The number of nitrogens with two attached hydrogens (primary N) is 1. The summed E-state index contributed by atoms with van der Waals surface area (Å²) in [5.41, 5.74) is 5.06. The number of carbonyl (C=O) groups excluding carboxylic acids is 1. The third-order valence-corrected chi connectivity index (χ3v) is 7.59. The maximum absolute atomic E-state index is 13.0. The molecule has 4 rings (SSSR count). The van der Waals surface area contributed by atoms with Crippen molar-refractivity contribution in [3.05, 3.63) is 52.9 Å². The first-order chi connectivity index (χ1) is 16.3. The highest BCUT2D eigenvalue weighted by Crippen LogP contribution is 2.50. The molecule has 2 atom stereocenters. The van der Waals surface area contributed by atoms with Gasteiger partial charge >= 0.3 is 6.18 Å². The van der Waals surface area contributed by atoms with Crippen LogP contribution in [-0.2, 0) is 16.6 Å². The van der Waals surface area contributed by atoms with Crippen molar-refractivity contribution in [1.82, 2.24) is 15.0 Å². The fourth-order valence-electron chi connectivity index (χ4n) is 4.78. The lowest BCUT2D eigenvalue weighted by Crippen LogP contribution is -2.46. The number of aryl methyl sites for hydroxylation is 1. The molecule has 2 aromatic heterocycles. The van der Waals surface area contributed by atoms with Gasteiger partial charge in [0.2, 0.25) is 11.9 Å². The first-order valence-electron chi connectivity index (χ1n) is 11.0. The van der Waals surface area contributed by atoms with Crippen molar-refractivity contribution in [2.75, 3.05) is 5.32 Å². The maximum atomic E-state index is 13.0. The minimum atomic E-state index is -4.57. The quantitative estimate of drug-likeness (QED) is 0.441. The lowest BCUT2D eigenvalue weighted by molar-refractivity contribution is -0.141. The van der Waals surface area contributed by atoms with E-state index >= 15 is 0 Å². The third kappa shape index (κ3) is 5.30. The van der Waals surface area contributed by atoms with E-state index < -0.39 is 22.9 Å². The number of carbonyl (C=O) groups is 1. The van der Waals surface area contributed by atoms with E-state index in [-0.39, 0.29) is 17.8 Å². The Bertz CT molecular complexity index is 1260. The fraction of sp³-hybridized carbons (Fsp3) is 0.417. The van der Waals surface area contributed by atoms with Gasteiger partial charge in [0.15, 0.2) is 0 Å². The van der Waals surface area contributed by atoms with E-state index in [1.54, 1.807) is 18.3 Å². The molecule has 0 unspecified atom stereocenters. The van der Waals surface area contributed by atoms with Gasteiger partial charge < -0.3 is 16.2 Å². The summed E-state index contributed by atoms with van der Waals surface area (Å²) in [5.74, 6) is -0.837. The summed E-state index contributed by atoms with van der Waals surface area (Å²) < 4.78 is 39.0. The fourth-order valence-corrected chi connectivity index (χ4v) is 5.79. The van der Waals surface area contributed by atoms with Crippen LogP contribution in [-0.4, -0.2) is 26.0 Å². The summed E-state index contributed by atoms with van der Waals surface area (Å²) in [4.78, 5) is 24.5. The van der Waals surface area contributed by atoms with Gasteiger partial charge in [-0.2, -0.15) is 13.2 Å². The molecule has 1 amide bonds. The highest BCUT2D eigenvalue weighted by atomic mass is 32.1. The molecule has 186 valence electrons. The van der Waals surface area contributed by atoms with Crippen LogP contribution in [0.2, 0.25) is 0 Å². The highest BCUT2D eigenvalue weighted by Gasteiger charge is 2.48. The van der Waals surface area contributed by atoms with Crippen molar-refractivity contribution < 1.29 is 23.1 Å². The molecule has 2 heterocycles. The summed E-state index contributed by atoms with van der Waals surface area (Å²) in [6.45, 7) is 5.72. The highest BCUT2D eigenvalue weighted by molar-refractivity contribution is 7.15. The van der Waals surface area contributed by atoms with E-state index in [0.717, 1.165) is 28.3 Å². The molecule has 11 heteroatoms. The zero-order valence-corrected chi connectivity index (χ0v) is 20.3. The second kappa shape index (κ2) is 8.87. The van der Waals surface area contributed by atoms with Gasteiger partial charge in [-0.3, -0.25) is 4.79 Å². The number of aliphatic hydroxyl groups is 1. The Hall–Kier alpha value is -3.05. The van der Waals surface area contributed by atoms with Crippen LogP contribution in [0, 0.1) is 18.3 Å². The number of thiazole rings is 1. The second-order valence-electron chi connectivity index (χ2n) is 9.70. The molecule has 1 aliphatic rings. The van der Waals surface area contributed by atoms with E-state index in [2.05, 4.69) is 20.3 Å². The molecular formula is C24H26F3N5O2S. The van der Waals surface area contributed by atoms with Gasteiger partial charge in [0.05, 0.1) is 4.88 Å². The molecule has 3 aromatic rings. The minimum absolute atomic E-state index is 0.163. The van der Waals surface area contributed by atoms with E-state index in [1.807, 2.05) is 26.8 Å². The second-order valence-corrected chi connectivity index (χ2v) is 10.7. The standard InChI is InChI=1S/C24H26F3N5O2S/c1-13-8-14(10-15(9-13)31-21-29-7-5-18(32-21)24(25,26)27)17-11-30-20(35-17)23(34)6-4-16(19(28)33)22(2,3)12-23/h5,7-11,16,34H,4,6,12H2,1-3H3,(H2,28,33)(H,29,31,32)/t16-,23-/m0/s1. The molecule has 7 nitrogen and oxygen atoms in total. The Labute approximate surface area is 204 Å². The number of alkyl halides is 3. The van der Waals surface area contributed by atoms with E-state index in [9.17, 15) is 23.1 Å². The van der Waals surface area contributed by atoms with Crippen molar-refractivity contribution in [2.45, 2.75) is 51.8 Å². The first kappa shape index (κ1) is 25.1. The summed E-state index contributed by atoms with van der Waals surface area (Å²) in [6, 6.07) is 6.28. The third-order valence-electron chi connectivity index (χ3n) is 6.35. The van der Waals surface area contributed by atoms with Crippen molar-refractivity contribution in [2.24, 2.45) is 17.1 Å². The van der Waals surface area contributed by atoms with Crippen LogP contribution in [0.15, 0.2) is 36.7 Å². The Morgan fingerprint density at radius 2 is 2.00 bits per heavy atom. The van der Waals surface area contributed by atoms with Crippen LogP contribution in [0.4, 0.5) is 24.8 Å². The predicted octanol–water partition coefficient (Wildman–Crippen LogP) is 5.17.